The number of nitrogens with one attached hydrogen (secondary N) is 1. The van der Waals surface area contributed by atoms with Gasteiger partial charge < -0.3 is 11.1 Å². The van der Waals surface area contributed by atoms with E-state index >= 15 is 0 Å². The Morgan fingerprint density at radius 3 is 2.52 bits per heavy atom. The molecule has 1 aromatic heterocycles. The predicted octanol–water partition coefficient (Wildman–Crippen LogP) is 2.30. The van der Waals surface area contributed by atoms with Gasteiger partial charge in [-0.2, -0.15) is 5.10 Å². The molecular weight excluding hydrogens is 368 g/mol. The highest BCUT2D eigenvalue weighted by molar-refractivity contribution is 6.30. The van der Waals surface area contributed by atoms with E-state index in [4.69, 9.17) is 17.3 Å². The van der Waals surface area contributed by atoms with Crippen molar-refractivity contribution in [1.29, 1.82) is 0 Å². The van der Waals surface area contributed by atoms with Gasteiger partial charge in [-0.15, -0.1) is 0 Å². The van der Waals surface area contributed by atoms with Crippen LogP contribution in [0.4, 0.5) is 5.69 Å². The van der Waals surface area contributed by atoms with Crippen molar-refractivity contribution in [3.8, 4) is 11.3 Å². The molecular formula is C19H15ClN4O3. The number of hydrogen-bond donors (Lipinski definition) is 2. The molecule has 0 atom stereocenters. The summed E-state index contributed by atoms with van der Waals surface area (Å²) in [7, 11) is 0. The molecule has 1 heterocycles. The van der Waals surface area contributed by atoms with Crippen LogP contribution in [0.25, 0.3) is 11.3 Å². The maximum Gasteiger partial charge on any atom is 0.267 e. The third-order valence-corrected chi connectivity index (χ3v) is 3.98. The number of anilines is 1. The lowest BCUT2D eigenvalue weighted by atomic mass is 10.1. The smallest absolute Gasteiger partial charge is 0.267 e. The summed E-state index contributed by atoms with van der Waals surface area (Å²) in [5, 5.41) is 7.43. The predicted molar refractivity (Wildman–Crippen MR) is 103 cm³/mol. The second-order valence-corrected chi connectivity index (χ2v) is 6.15. The largest absolute Gasteiger partial charge is 0.366 e. The fourth-order valence-electron chi connectivity index (χ4n) is 2.42. The number of hydrogen-bond acceptors (Lipinski definition) is 4. The van der Waals surface area contributed by atoms with E-state index in [2.05, 4.69) is 10.4 Å². The molecule has 8 heteroatoms. The summed E-state index contributed by atoms with van der Waals surface area (Å²) in [6.07, 6.45) is 0. The molecule has 0 unspecified atom stereocenters. The number of halogens is 1. The van der Waals surface area contributed by atoms with E-state index in [1.54, 1.807) is 48.5 Å². The third-order valence-electron chi connectivity index (χ3n) is 3.73. The summed E-state index contributed by atoms with van der Waals surface area (Å²) in [5.74, 6) is -1.06. The zero-order valence-electron chi connectivity index (χ0n) is 14.1. The van der Waals surface area contributed by atoms with Gasteiger partial charge in [0.25, 0.3) is 5.56 Å². The first kappa shape index (κ1) is 18.3. The van der Waals surface area contributed by atoms with Crippen molar-refractivity contribution in [2.24, 2.45) is 5.73 Å². The Bertz CT molecular complexity index is 1060. The van der Waals surface area contributed by atoms with Crippen LogP contribution in [0, 0.1) is 0 Å². The lowest BCUT2D eigenvalue weighted by Gasteiger charge is -2.09. The van der Waals surface area contributed by atoms with Crippen molar-refractivity contribution in [3.05, 3.63) is 81.6 Å². The molecule has 0 saturated heterocycles. The van der Waals surface area contributed by atoms with Crippen LogP contribution in [0.5, 0.6) is 0 Å². The molecule has 0 bridgehead atoms. The summed E-state index contributed by atoms with van der Waals surface area (Å²) in [6, 6.07) is 16.1. The van der Waals surface area contributed by atoms with Crippen molar-refractivity contribution in [3.63, 3.8) is 0 Å². The molecule has 3 rings (SSSR count). The number of primary amides is 1. The quantitative estimate of drug-likeness (QED) is 0.705. The standard InChI is InChI=1S/C19H15ClN4O3/c20-14-6-4-12(5-7-14)16-8-9-18(26)24(23-16)11-17(25)22-15-3-1-2-13(10-15)19(21)27/h1-10H,11H2,(H2,21,27)(H,22,25). The highest BCUT2D eigenvalue weighted by atomic mass is 35.5. The lowest BCUT2D eigenvalue weighted by molar-refractivity contribution is -0.117. The molecule has 2 amide bonds. The van der Waals surface area contributed by atoms with Crippen molar-refractivity contribution >= 4 is 29.1 Å². The van der Waals surface area contributed by atoms with Crippen LogP contribution < -0.4 is 16.6 Å². The van der Waals surface area contributed by atoms with Gasteiger partial charge >= 0.3 is 0 Å². The van der Waals surface area contributed by atoms with Gasteiger partial charge in [0.1, 0.15) is 6.54 Å². The summed E-state index contributed by atoms with van der Waals surface area (Å²) in [6.45, 7) is -0.277. The first-order valence-corrected chi connectivity index (χ1v) is 8.34. The van der Waals surface area contributed by atoms with E-state index < -0.39 is 17.4 Å². The minimum absolute atomic E-state index is 0.271. The minimum atomic E-state index is -0.598. The molecule has 3 N–H and O–H groups in total. The van der Waals surface area contributed by atoms with Crippen molar-refractivity contribution in [2.75, 3.05) is 5.32 Å². The van der Waals surface area contributed by atoms with E-state index in [0.717, 1.165) is 10.2 Å². The van der Waals surface area contributed by atoms with Gasteiger partial charge in [-0.05, 0) is 36.4 Å². The number of rotatable bonds is 5. The molecule has 0 saturated carbocycles. The van der Waals surface area contributed by atoms with E-state index in [-0.39, 0.29) is 12.1 Å². The Kier molecular flexibility index (Phi) is 5.33. The molecule has 0 aliphatic heterocycles. The molecule has 3 aromatic rings. The zero-order chi connectivity index (χ0) is 19.4. The summed E-state index contributed by atoms with van der Waals surface area (Å²) < 4.78 is 1.07. The Morgan fingerprint density at radius 1 is 1.07 bits per heavy atom. The topological polar surface area (TPSA) is 107 Å². The van der Waals surface area contributed by atoms with Gasteiger partial charge in [0.05, 0.1) is 5.69 Å². The molecule has 0 spiro atoms. The summed E-state index contributed by atoms with van der Waals surface area (Å²) >= 11 is 5.87. The van der Waals surface area contributed by atoms with E-state index in [9.17, 15) is 14.4 Å². The maximum absolute atomic E-state index is 12.3. The van der Waals surface area contributed by atoms with Crippen LogP contribution in [0.15, 0.2) is 65.5 Å². The third kappa shape index (κ3) is 4.59. The highest BCUT2D eigenvalue weighted by Gasteiger charge is 2.09. The SMILES string of the molecule is NC(=O)c1cccc(NC(=O)Cn2nc(-c3ccc(Cl)cc3)ccc2=O)c1. The Morgan fingerprint density at radius 2 is 1.81 bits per heavy atom. The van der Waals surface area contributed by atoms with Gasteiger partial charge in [0, 0.05) is 27.9 Å². The van der Waals surface area contributed by atoms with E-state index in [0.29, 0.717) is 16.4 Å². The number of nitrogens with zero attached hydrogens (tertiary/aromatic N) is 2. The monoisotopic (exact) mass is 382 g/mol. The van der Waals surface area contributed by atoms with Crippen molar-refractivity contribution < 1.29 is 9.59 Å². The van der Waals surface area contributed by atoms with Crippen LogP contribution in [0.2, 0.25) is 5.02 Å². The van der Waals surface area contributed by atoms with Crippen molar-refractivity contribution in [2.45, 2.75) is 6.54 Å². The summed E-state index contributed by atoms with van der Waals surface area (Å²) in [5.41, 5.74) is 6.79. The average Bonchev–Trinajstić information content (AvgIpc) is 2.64. The Labute approximate surface area is 159 Å². The number of carbonyl (C=O) groups is 2. The Balaban J connectivity index is 1.78. The number of aromatic nitrogens is 2. The van der Waals surface area contributed by atoms with Gasteiger partial charge in [-0.3, -0.25) is 14.4 Å². The average molecular weight is 383 g/mol. The van der Waals surface area contributed by atoms with E-state index in [1.807, 2.05) is 0 Å². The molecule has 0 radical (unpaired) electrons. The van der Waals surface area contributed by atoms with Gasteiger partial charge in [0.2, 0.25) is 11.8 Å². The van der Waals surface area contributed by atoms with Crippen LogP contribution in [0.1, 0.15) is 10.4 Å². The molecule has 27 heavy (non-hydrogen) atoms. The van der Waals surface area contributed by atoms with Crippen LogP contribution >= 0.6 is 11.6 Å². The van der Waals surface area contributed by atoms with Crippen molar-refractivity contribution in [1.82, 2.24) is 9.78 Å². The second kappa shape index (κ2) is 7.84. The zero-order valence-corrected chi connectivity index (χ0v) is 14.8. The van der Waals surface area contributed by atoms with Gasteiger partial charge in [-0.1, -0.05) is 29.8 Å². The maximum atomic E-state index is 12.3. The fourth-order valence-corrected chi connectivity index (χ4v) is 2.55. The number of nitrogens with two attached hydrogens (primary N) is 1. The minimum Gasteiger partial charge on any atom is -0.366 e. The highest BCUT2D eigenvalue weighted by Crippen LogP contribution is 2.18. The number of benzene rings is 2. The van der Waals surface area contributed by atoms with E-state index in [1.165, 1.54) is 12.1 Å². The molecule has 7 nitrogen and oxygen atoms in total. The van der Waals surface area contributed by atoms with Crippen LogP contribution in [-0.2, 0) is 11.3 Å². The number of carbonyl (C=O) groups excluding carboxylic acids is 2. The Hall–Kier alpha value is -3.45. The van der Waals surface area contributed by atoms with Gasteiger partial charge in [0.15, 0.2) is 0 Å². The number of amides is 2. The summed E-state index contributed by atoms with van der Waals surface area (Å²) in [4.78, 5) is 35.5. The van der Waals surface area contributed by atoms with Crippen LogP contribution in [-0.4, -0.2) is 21.6 Å². The molecule has 2 aromatic carbocycles. The molecule has 0 fully saturated rings. The first-order valence-electron chi connectivity index (χ1n) is 7.96. The molecule has 136 valence electrons. The lowest BCUT2D eigenvalue weighted by Crippen LogP contribution is -2.29. The van der Waals surface area contributed by atoms with Gasteiger partial charge in [-0.25, -0.2) is 4.68 Å². The normalized spacial score (nSPS) is 10.4. The van der Waals surface area contributed by atoms with Crippen LogP contribution in [0.3, 0.4) is 0 Å². The molecule has 0 aliphatic carbocycles. The molecule has 0 aliphatic rings. The fraction of sp³-hybridized carbons (Fsp3) is 0.0526. The first-order chi connectivity index (χ1) is 12.9. The second-order valence-electron chi connectivity index (χ2n) is 5.71.